The normalized spacial score (nSPS) is 13.6. The van der Waals surface area contributed by atoms with Gasteiger partial charge in [0.05, 0.1) is 17.2 Å². The molecule has 1 aromatic heterocycles. The first kappa shape index (κ1) is 21.8. The molecule has 152 valence electrons. The summed E-state index contributed by atoms with van der Waals surface area (Å²) in [5.41, 5.74) is -0.248. The van der Waals surface area contributed by atoms with Crippen LogP contribution in [-0.2, 0) is 24.1 Å². The Morgan fingerprint density at radius 2 is 1.86 bits per heavy atom. The maximum Gasteiger partial charge on any atom is 0.406 e. The number of rotatable bonds is 6. The molecule has 0 aliphatic heterocycles. The van der Waals surface area contributed by atoms with Gasteiger partial charge in [-0.25, -0.2) is 9.19 Å². The lowest BCUT2D eigenvalue weighted by Gasteiger charge is -2.15. The minimum Gasteiger partial charge on any atom is -0.482 e. The Morgan fingerprint density at radius 1 is 1.21 bits per heavy atom. The Kier molecular flexibility index (Phi) is 6.76. The predicted octanol–water partition coefficient (Wildman–Crippen LogP) is 3.27. The number of hydrogen-bond acceptors (Lipinski definition) is 4. The summed E-state index contributed by atoms with van der Waals surface area (Å²) in [6, 6.07) is 8.85. The maximum absolute atomic E-state index is 12.9. The molecular formula is C18H20F3N3O3S. The largest absolute Gasteiger partial charge is 0.482 e. The highest BCUT2D eigenvalue weighted by Crippen LogP contribution is 2.18. The SMILES string of the molecule is CC(C)(C)[S@](=O)/N=C/c1ncc(OCc2ccccc2)c(=O)n1CC(F)(F)F. The average molecular weight is 415 g/mol. The van der Waals surface area contributed by atoms with E-state index in [1.807, 2.05) is 0 Å². The highest BCUT2D eigenvalue weighted by Gasteiger charge is 2.30. The first-order valence-electron chi connectivity index (χ1n) is 8.27. The lowest BCUT2D eigenvalue weighted by atomic mass is 10.2. The van der Waals surface area contributed by atoms with E-state index in [0.717, 1.165) is 18.0 Å². The Morgan fingerprint density at radius 3 is 2.43 bits per heavy atom. The molecule has 0 unspecified atom stereocenters. The fourth-order valence-electron chi connectivity index (χ4n) is 2.01. The van der Waals surface area contributed by atoms with Crippen LogP contribution in [0.2, 0.25) is 0 Å². The summed E-state index contributed by atoms with van der Waals surface area (Å²) in [7, 11) is -1.71. The van der Waals surface area contributed by atoms with Gasteiger partial charge in [0.1, 0.15) is 24.1 Å². The molecule has 0 aliphatic rings. The third-order valence-corrected chi connectivity index (χ3v) is 4.75. The van der Waals surface area contributed by atoms with Crippen LogP contribution in [-0.4, -0.2) is 30.9 Å². The number of hydrogen-bond donors (Lipinski definition) is 0. The van der Waals surface area contributed by atoms with Crippen LogP contribution >= 0.6 is 0 Å². The second-order valence-electron chi connectivity index (χ2n) is 6.86. The molecule has 0 aliphatic carbocycles. The molecule has 0 bridgehead atoms. The van der Waals surface area contributed by atoms with Crippen molar-refractivity contribution in [2.45, 2.75) is 44.8 Å². The van der Waals surface area contributed by atoms with Gasteiger partial charge in [0, 0.05) is 0 Å². The lowest BCUT2D eigenvalue weighted by molar-refractivity contribution is -0.141. The molecular weight excluding hydrogens is 395 g/mol. The zero-order chi connectivity index (χ0) is 20.9. The standard InChI is InChI=1S/C18H20F3N3O3S/c1-17(2,3)28(26)23-10-15-22-9-14(16(25)24(15)12-18(19,20)21)27-11-13-7-5-4-6-8-13/h4-10H,11-12H2,1-3H3/b23-10+/t28-/m0/s1. The van der Waals surface area contributed by atoms with E-state index in [9.17, 15) is 22.2 Å². The number of alkyl halides is 3. The second-order valence-corrected chi connectivity index (χ2v) is 8.79. The fraction of sp³-hybridized carbons (Fsp3) is 0.389. The molecule has 1 atom stereocenters. The Hall–Kier alpha value is -2.49. The predicted molar refractivity (Wildman–Crippen MR) is 101 cm³/mol. The molecule has 10 heteroatoms. The van der Waals surface area contributed by atoms with Crippen molar-refractivity contribution in [3.05, 3.63) is 58.3 Å². The van der Waals surface area contributed by atoms with Gasteiger partial charge >= 0.3 is 6.18 Å². The van der Waals surface area contributed by atoms with Crippen LogP contribution in [0.3, 0.4) is 0 Å². The summed E-state index contributed by atoms with van der Waals surface area (Å²) < 4.78 is 59.6. The first-order chi connectivity index (χ1) is 13.0. The van der Waals surface area contributed by atoms with Crippen molar-refractivity contribution >= 4 is 17.2 Å². The van der Waals surface area contributed by atoms with Crippen molar-refractivity contribution in [3.8, 4) is 5.75 Å². The van der Waals surface area contributed by atoms with Crippen LogP contribution in [0.15, 0.2) is 45.7 Å². The monoisotopic (exact) mass is 415 g/mol. The summed E-state index contributed by atoms with van der Waals surface area (Å²) in [4.78, 5) is 16.3. The number of ether oxygens (including phenoxy) is 1. The minimum atomic E-state index is -4.66. The molecule has 6 nitrogen and oxygen atoms in total. The molecule has 0 saturated carbocycles. The first-order valence-corrected chi connectivity index (χ1v) is 9.37. The average Bonchev–Trinajstić information content (AvgIpc) is 2.60. The summed E-state index contributed by atoms with van der Waals surface area (Å²) >= 11 is 0. The van der Waals surface area contributed by atoms with Gasteiger partial charge in [0.2, 0.25) is 5.75 Å². The molecule has 2 rings (SSSR count). The van der Waals surface area contributed by atoms with Gasteiger partial charge in [0.25, 0.3) is 5.56 Å². The van der Waals surface area contributed by atoms with Gasteiger partial charge in [-0.3, -0.25) is 9.36 Å². The molecule has 1 heterocycles. The van der Waals surface area contributed by atoms with Crippen LogP contribution in [0.4, 0.5) is 13.2 Å². The van der Waals surface area contributed by atoms with Gasteiger partial charge in [-0.05, 0) is 26.3 Å². The van der Waals surface area contributed by atoms with Gasteiger partial charge < -0.3 is 4.74 Å². The van der Waals surface area contributed by atoms with Crippen LogP contribution < -0.4 is 10.3 Å². The van der Waals surface area contributed by atoms with Gasteiger partial charge in [-0.15, -0.1) is 0 Å². The van der Waals surface area contributed by atoms with Crippen molar-refractivity contribution in [2.24, 2.45) is 4.40 Å². The number of nitrogens with zero attached hydrogens (tertiary/aromatic N) is 3. The van der Waals surface area contributed by atoms with Crippen LogP contribution in [0.5, 0.6) is 5.75 Å². The zero-order valence-electron chi connectivity index (χ0n) is 15.6. The van der Waals surface area contributed by atoms with Crippen molar-refractivity contribution < 1.29 is 22.1 Å². The Bertz CT molecular complexity index is 920. The third-order valence-electron chi connectivity index (χ3n) is 3.41. The van der Waals surface area contributed by atoms with Crippen LogP contribution in [0.25, 0.3) is 0 Å². The topological polar surface area (TPSA) is 73.6 Å². The minimum absolute atomic E-state index is 0.00521. The van der Waals surface area contributed by atoms with Crippen molar-refractivity contribution in [2.75, 3.05) is 0 Å². The van der Waals surface area contributed by atoms with E-state index in [-0.39, 0.29) is 18.2 Å². The van der Waals surface area contributed by atoms with Crippen LogP contribution in [0, 0.1) is 0 Å². The van der Waals surface area contributed by atoms with Gasteiger partial charge in [-0.1, -0.05) is 30.3 Å². The molecule has 2 aromatic rings. The molecule has 0 fully saturated rings. The molecule has 0 amide bonds. The van der Waals surface area contributed by atoms with E-state index in [0.29, 0.717) is 4.57 Å². The van der Waals surface area contributed by atoms with Crippen molar-refractivity contribution in [3.63, 3.8) is 0 Å². The summed E-state index contributed by atoms with van der Waals surface area (Å²) in [6.07, 6.45) is -2.70. The highest BCUT2D eigenvalue weighted by molar-refractivity contribution is 7.85. The van der Waals surface area contributed by atoms with E-state index in [1.54, 1.807) is 51.1 Å². The number of halogens is 3. The van der Waals surface area contributed by atoms with E-state index in [4.69, 9.17) is 4.74 Å². The smallest absolute Gasteiger partial charge is 0.406 e. The fourth-order valence-corrected chi connectivity index (χ4v) is 2.52. The summed E-state index contributed by atoms with van der Waals surface area (Å²) in [6.45, 7) is 3.43. The molecule has 0 N–H and O–H groups in total. The Labute approximate surface area is 162 Å². The van der Waals surface area contributed by atoms with Gasteiger partial charge in [-0.2, -0.15) is 17.6 Å². The summed E-state index contributed by atoms with van der Waals surface area (Å²) in [5, 5.41) is 0. The highest BCUT2D eigenvalue weighted by atomic mass is 32.2. The van der Waals surface area contributed by atoms with Crippen molar-refractivity contribution in [1.82, 2.24) is 9.55 Å². The van der Waals surface area contributed by atoms with Crippen LogP contribution in [0.1, 0.15) is 32.2 Å². The molecule has 0 radical (unpaired) electrons. The summed E-state index contributed by atoms with van der Waals surface area (Å²) in [5.74, 6) is -0.672. The van der Waals surface area contributed by atoms with Crippen molar-refractivity contribution in [1.29, 1.82) is 0 Å². The van der Waals surface area contributed by atoms with E-state index < -0.39 is 34.0 Å². The second kappa shape index (κ2) is 8.68. The zero-order valence-corrected chi connectivity index (χ0v) is 16.4. The molecule has 28 heavy (non-hydrogen) atoms. The third kappa shape index (κ3) is 6.29. The van der Waals surface area contributed by atoms with E-state index >= 15 is 0 Å². The number of aromatic nitrogens is 2. The molecule has 1 aromatic carbocycles. The molecule has 0 saturated heterocycles. The molecule has 0 spiro atoms. The lowest BCUT2D eigenvalue weighted by Crippen LogP contribution is -2.32. The number of benzene rings is 1. The van der Waals surface area contributed by atoms with E-state index in [1.165, 1.54) is 0 Å². The van der Waals surface area contributed by atoms with Gasteiger partial charge in [0.15, 0.2) is 5.82 Å². The maximum atomic E-state index is 12.9. The van der Waals surface area contributed by atoms with E-state index in [2.05, 4.69) is 9.38 Å². The quantitative estimate of drug-likeness (QED) is 0.679. The Balaban J connectivity index is 2.35.